The van der Waals surface area contributed by atoms with Crippen LogP contribution in [0.15, 0.2) is 36.5 Å². The Balaban J connectivity index is 2.23. The molecule has 0 aliphatic rings. The summed E-state index contributed by atoms with van der Waals surface area (Å²) in [5.41, 5.74) is 10.5. The van der Waals surface area contributed by atoms with Gasteiger partial charge < -0.3 is 10.3 Å². The van der Waals surface area contributed by atoms with Crippen molar-refractivity contribution in [2.75, 3.05) is 5.73 Å². The number of hydrogen-bond donors (Lipinski definition) is 1. The number of pyridine rings is 1. The number of aromatic nitrogens is 3. The second kappa shape index (κ2) is 3.84. The lowest BCUT2D eigenvalue weighted by Gasteiger charge is -2.02. The Morgan fingerprint density at radius 2 is 2.00 bits per heavy atom. The second-order valence-electron chi connectivity index (χ2n) is 4.43. The van der Waals surface area contributed by atoms with Crippen molar-refractivity contribution in [3.8, 4) is 11.4 Å². The van der Waals surface area contributed by atoms with Crippen LogP contribution in [0.3, 0.4) is 0 Å². The highest BCUT2D eigenvalue weighted by Gasteiger charge is 2.09. The number of imidazole rings is 1. The van der Waals surface area contributed by atoms with Crippen molar-refractivity contribution in [1.29, 1.82) is 0 Å². The van der Waals surface area contributed by atoms with Gasteiger partial charge in [0.05, 0.1) is 11.0 Å². The van der Waals surface area contributed by atoms with E-state index in [0.717, 1.165) is 33.8 Å². The highest BCUT2D eigenvalue weighted by Crippen LogP contribution is 2.24. The monoisotopic (exact) mass is 238 g/mol. The van der Waals surface area contributed by atoms with E-state index in [-0.39, 0.29) is 0 Å². The number of nitrogens with two attached hydrogens (primary N) is 1. The highest BCUT2D eigenvalue weighted by atomic mass is 15.1. The second-order valence-corrected chi connectivity index (χ2v) is 4.43. The van der Waals surface area contributed by atoms with E-state index in [1.54, 1.807) is 0 Å². The zero-order chi connectivity index (χ0) is 12.7. The zero-order valence-corrected chi connectivity index (χ0v) is 10.4. The smallest absolute Gasteiger partial charge is 0.142 e. The lowest BCUT2D eigenvalue weighted by atomic mass is 10.2. The molecule has 90 valence electrons. The molecular weight excluding hydrogens is 224 g/mol. The molecule has 0 spiro atoms. The number of nitrogen functional groups attached to an aromatic ring is 1. The molecule has 18 heavy (non-hydrogen) atoms. The Kier molecular flexibility index (Phi) is 2.30. The molecule has 0 saturated heterocycles. The minimum absolute atomic E-state index is 0.749. The number of rotatable bonds is 1. The fourth-order valence-corrected chi connectivity index (χ4v) is 2.07. The Labute approximate surface area is 105 Å². The number of aryl methyl sites for hydroxylation is 2. The summed E-state index contributed by atoms with van der Waals surface area (Å²) in [5, 5.41) is 0. The molecule has 1 aromatic carbocycles. The third-order valence-electron chi connectivity index (χ3n) is 3.07. The first kappa shape index (κ1) is 10.8. The normalized spacial score (nSPS) is 11.0. The minimum atomic E-state index is 0.749. The van der Waals surface area contributed by atoms with Crippen LogP contribution in [0.4, 0.5) is 5.69 Å². The molecule has 0 aliphatic heterocycles. The fourth-order valence-electron chi connectivity index (χ4n) is 2.07. The molecule has 0 saturated carbocycles. The van der Waals surface area contributed by atoms with Gasteiger partial charge in [-0.05, 0) is 37.3 Å². The van der Waals surface area contributed by atoms with Crippen LogP contribution >= 0.6 is 0 Å². The SMILES string of the molecule is Cc1ccc(-c2nc3ccc(N)cc3n2C)cn1. The summed E-state index contributed by atoms with van der Waals surface area (Å²) in [6, 6.07) is 9.77. The van der Waals surface area contributed by atoms with E-state index in [9.17, 15) is 0 Å². The first-order valence-electron chi connectivity index (χ1n) is 5.80. The first-order valence-corrected chi connectivity index (χ1v) is 5.80. The average Bonchev–Trinajstić information content (AvgIpc) is 2.68. The van der Waals surface area contributed by atoms with Crippen LogP contribution in [0, 0.1) is 6.92 Å². The topological polar surface area (TPSA) is 56.7 Å². The van der Waals surface area contributed by atoms with Gasteiger partial charge in [0, 0.05) is 30.2 Å². The molecule has 2 heterocycles. The van der Waals surface area contributed by atoms with Gasteiger partial charge in [-0.15, -0.1) is 0 Å². The molecule has 4 heteroatoms. The summed E-state index contributed by atoms with van der Waals surface area (Å²) in [7, 11) is 1.99. The quantitative estimate of drug-likeness (QED) is 0.663. The van der Waals surface area contributed by atoms with Crippen LogP contribution in [0.5, 0.6) is 0 Å². The number of benzene rings is 1. The van der Waals surface area contributed by atoms with Gasteiger partial charge in [-0.25, -0.2) is 4.98 Å². The van der Waals surface area contributed by atoms with Gasteiger partial charge in [-0.1, -0.05) is 0 Å². The molecular formula is C14H14N4. The third kappa shape index (κ3) is 1.62. The molecule has 3 aromatic rings. The molecule has 0 unspecified atom stereocenters. The van der Waals surface area contributed by atoms with Crippen LogP contribution < -0.4 is 5.73 Å². The number of anilines is 1. The van der Waals surface area contributed by atoms with E-state index in [2.05, 4.69) is 9.97 Å². The Hall–Kier alpha value is -2.36. The number of nitrogens with zero attached hydrogens (tertiary/aromatic N) is 3. The molecule has 4 nitrogen and oxygen atoms in total. The van der Waals surface area contributed by atoms with Crippen molar-refractivity contribution in [2.24, 2.45) is 7.05 Å². The molecule has 0 amide bonds. The Morgan fingerprint density at radius 1 is 1.17 bits per heavy atom. The van der Waals surface area contributed by atoms with Crippen molar-refractivity contribution in [3.63, 3.8) is 0 Å². The van der Waals surface area contributed by atoms with E-state index >= 15 is 0 Å². The van der Waals surface area contributed by atoms with Crippen molar-refractivity contribution in [2.45, 2.75) is 6.92 Å². The molecule has 0 aliphatic carbocycles. The van der Waals surface area contributed by atoms with Gasteiger partial charge in [-0.3, -0.25) is 4.98 Å². The van der Waals surface area contributed by atoms with E-state index < -0.39 is 0 Å². The van der Waals surface area contributed by atoms with Crippen LogP contribution in [-0.2, 0) is 7.05 Å². The van der Waals surface area contributed by atoms with Gasteiger partial charge in [0.1, 0.15) is 5.82 Å². The van der Waals surface area contributed by atoms with E-state index in [1.165, 1.54) is 0 Å². The van der Waals surface area contributed by atoms with E-state index in [1.807, 2.05) is 55.1 Å². The number of fused-ring (bicyclic) bond motifs is 1. The zero-order valence-electron chi connectivity index (χ0n) is 10.4. The molecule has 2 aromatic heterocycles. The summed E-state index contributed by atoms with van der Waals surface area (Å²) in [6.45, 7) is 1.97. The van der Waals surface area contributed by atoms with Crippen molar-refractivity contribution in [1.82, 2.24) is 14.5 Å². The summed E-state index contributed by atoms with van der Waals surface area (Å²) >= 11 is 0. The maximum absolute atomic E-state index is 5.81. The van der Waals surface area contributed by atoms with Gasteiger partial charge in [0.25, 0.3) is 0 Å². The lowest BCUT2D eigenvalue weighted by Crippen LogP contribution is -1.94. The standard InChI is InChI=1S/C14H14N4/c1-9-3-4-10(8-16-9)14-17-12-6-5-11(15)7-13(12)18(14)2/h3-8H,15H2,1-2H3. The molecule has 3 rings (SSSR count). The maximum Gasteiger partial charge on any atom is 0.142 e. The molecule has 0 bridgehead atoms. The van der Waals surface area contributed by atoms with Gasteiger partial charge in [-0.2, -0.15) is 0 Å². The Morgan fingerprint density at radius 3 is 2.72 bits per heavy atom. The predicted octanol–water partition coefficient (Wildman–Crippen LogP) is 2.53. The first-order chi connectivity index (χ1) is 8.65. The Bertz CT molecular complexity index is 710. The average molecular weight is 238 g/mol. The highest BCUT2D eigenvalue weighted by molar-refractivity contribution is 5.83. The number of hydrogen-bond acceptors (Lipinski definition) is 3. The van der Waals surface area contributed by atoms with Crippen molar-refractivity contribution in [3.05, 3.63) is 42.2 Å². The van der Waals surface area contributed by atoms with Gasteiger partial charge >= 0.3 is 0 Å². The maximum atomic E-state index is 5.81. The molecule has 2 N–H and O–H groups in total. The van der Waals surface area contributed by atoms with Crippen molar-refractivity contribution >= 4 is 16.7 Å². The lowest BCUT2D eigenvalue weighted by molar-refractivity contribution is 0.957. The largest absolute Gasteiger partial charge is 0.399 e. The van der Waals surface area contributed by atoms with Crippen LogP contribution in [0.2, 0.25) is 0 Å². The van der Waals surface area contributed by atoms with E-state index in [4.69, 9.17) is 5.73 Å². The molecule has 0 radical (unpaired) electrons. The van der Waals surface area contributed by atoms with Crippen molar-refractivity contribution < 1.29 is 0 Å². The van der Waals surface area contributed by atoms with Crippen LogP contribution in [0.1, 0.15) is 5.69 Å². The summed E-state index contributed by atoms with van der Waals surface area (Å²) in [4.78, 5) is 8.93. The van der Waals surface area contributed by atoms with Gasteiger partial charge in [0.15, 0.2) is 0 Å². The molecule has 0 atom stereocenters. The van der Waals surface area contributed by atoms with Crippen LogP contribution in [-0.4, -0.2) is 14.5 Å². The molecule has 0 fully saturated rings. The third-order valence-corrected chi connectivity index (χ3v) is 3.07. The minimum Gasteiger partial charge on any atom is -0.399 e. The summed E-state index contributed by atoms with van der Waals surface area (Å²) in [5.74, 6) is 0.906. The summed E-state index contributed by atoms with van der Waals surface area (Å²) in [6.07, 6.45) is 1.85. The fraction of sp³-hybridized carbons (Fsp3) is 0.143. The predicted molar refractivity (Wildman–Crippen MR) is 73.1 cm³/mol. The summed E-state index contributed by atoms with van der Waals surface area (Å²) < 4.78 is 2.04. The van der Waals surface area contributed by atoms with Gasteiger partial charge in [0.2, 0.25) is 0 Å². The van der Waals surface area contributed by atoms with E-state index in [0.29, 0.717) is 0 Å². The van der Waals surface area contributed by atoms with Crippen LogP contribution in [0.25, 0.3) is 22.4 Å².